The van der Waals surface area contributed by atoms with Crippen molar-refractivity contribution in [3.05, 3.63) is 17.2 Å². The number of aromatic hydroxyl groups is 3. The predicted molar refractivity (Wildman–Crippen MR) is 124 cm³/mol. The zero-order valence-corrected chi connectivity index (χ0v) is 19.4. The van der Waals surface area contributed by atoms with Gasteiger partial charge in [-0.05, 0) is 64.2 Å². The minimum absolute atomic E-state index is 0.000226. The molecule has 0 aliphatic heterocycles. The van der Waals surface area contributed by atoms with Crippen molar-refractivity contribution >= 4 is 11.9 Å². The summed E-state index contributed by atoms with van der Waals surface area (Å²) in [4.78, 5) is 22.5. The van der Waals surface area contributed by atoms with Crippen LogP contribution in [0, 0.1) is 10.8 Å². The van der Waals surface area contributed by atoms with Crippen LogP contribution in [-0.4, -0.2) is 37.5 Å². The second kappa shape index (κ2) is 10.7. The number of hydrogen-bond acceptors (Lipinski definition) is 5. The molecule has 2 aliphatic carbocycles. The number of hydrogen-bond donors (Lipinski definition) is 5. The van der Waals surface area contributed by atoms with E-state index in [2.05, 4.69) is 0 Å². The van der Waals surface area contributed by atoms with E-state index in [1.807, 2.05) is 0 Å². The fourth-order valence-corrected chi connectivity index (χ4v) is 4.97. The second-order valence-corrected chi connectivity index (χ2v) is 10.2. The molecule has 5 N–H and O–H groups in total. The van der Waals surface area contributed by atoms with Crippen molar-refractivity contribution in [1.82, 2.24) is 0 Å². The summed E-state index contributed by atoms with van der Waals surface area (Å²) in [5, 5.41) is 49.2. The van der Waals surface area contributed by atoms with Crippen molar-refractivity contribution in [1.29, 1.82) is 0 Å². The van der Waals surface area contributed by atoms with E-state index in [0.29, 0.717) is 24.0 Å². The minimum atomic E-state index is -0.679. The van der Waals surface area contributed by atoms with Crippen molar-refractivity contribution in [2.24, 2.45) is 10.8 Å². The molecule has 184 valence electrons. The monoisotopic (exact) mass is 462 g/mol. The van der Waals surface area contributed by atoms with Crippen LogP contribution in [0.2, 0.25) is 0 Å². The van der Waals surface area contributed by atoms with Crippen LogP contribution in [0.1, 0.15) is 101 Å². The summed E-state index contributed by atoms with van der Waals surface area (Å²) in [5.41, 5.74) is 0.327. The Morgan fingerprint density at radius 1 is 0.636 bits per heavy atom. The molecule has 1 aromatic carbocycles. The van der Waals surface area contributed by atoms with E-state index in [1.54, 1.807) is 0 Å². The molecule has 0 bridgehead atoms. The summed E-state index contributed by atoms with van der Waals surface area (Å²) >= 11 is 0. The zero-order chi connectivity index (χ0) is 24.1. The summed E-state index contributed by atoms with van der Waals surface area (Å²) in [7, 11) is 0. The van der Waals surface area contributed by atoms with Gasteiger partial charge in [-0.3, -0.25) is 9.59 Å². The van der Waals surface area contributed by atoms with Crippen molar-refractivity contribution in [2.45, 2.75) is 103 Å². The molecule has 3 rings (SSSR count). The third-order valence-corrected chi connectivity index (χ3v) is 7.75. The lowest BCUT2D eigenvalue weighted by atomic mass is 9.93. The first-order valence-electron chi connectivity index (χ1n) is 12.4. The Morgan fingerprint density at radius 2 is 1.06 bits per heavy atom. The molecule has 0 heterocycles. The van der Waals surface area contributed by atoms with Crippen LogP contribution in [-0.2, 0) is 22.4 Å². The Bertz CT molecular complexity index is 853. The minimum Gasteiger partial charge on any atom is -0.508 e. The Morgan fingerprint density at radius 3 is 1.48 bits per heavy atom. The highest BCUT2D eigenvalue weighted by Gasteiger charge is 2.49. The number of carbonyl (C=O) groups is 2. The van der Waals surface area contributed by atoms with Gasteiger partial charge in [-0.2, -0.15) is 0 Å². The molecule has 0 spiro atoms. The molecule has 0 amide bonds. The van der Waals surface area contributed by atoms with Gasteiger partial charge in [0.1, 0.15) is 5.75 Å². The van der Waals surface area contributed by atoms with E-state index in [-0.39, 0.29) is 17.2 Å². The maximum Gasteiger partial charge on any atom is 0.309 e. The number of phenolic OH excluding ortho intramolecular Hbond substituents is 3. The third-order valence-electron chi connectivity index (χ3n) is 7.75. The van der Waals surface area contributed by atoms with Crippen LogP contribution >= 0.6 is 0 Å². The lowest BCUT2D eigenvalue weighted by Gasteiger charge is -2.15. The Kier molecular flexibility index (Phi) is 8.14. The maximum absolute atomic E-state index is 11.2. The van der Waals surface area contributed by atoms with E-state index in [9.17, 15) is 35.1 Å². The normalized spacial score (nSPS) is 17.6. The fraction of sp³-hybridized carbons (Fsp3) is 0.692. The standard InChI is InChI=1S/C26H38O7/c27-20-17-21(28)22(29)19(10-6-2-4-8-12-26(15-16-26)24(32)33)18(20)9-5-1-3-7-11-25(13-14-25)23(30)31/h17,27-29H,1-16H2,(H,30,31)(H,32,33). The topological polar surface area (TPSA) is 135 Å². The van der Waals surface area contributed by atoms with Gasteiger partial charge < -0.3 is 25.5 Å². The molecule has 7 heteroatoms. The summed E-state index contributed by atoms with van der Waals surface area (Å²) in [5.74, 6) is -1.83. The van der Waals surface area contributed by atoms with E-state index in [1.165, 1.54) is 6.07 Å². The number of carboxylic acid groups (broad SMARTS) is 2. The van der Waals surface area contributed by atoms with Crippen LogP contribution in [0.4, 0.5) is 0 Å². The van der Waals surface area contributed by atoms with Crippen LogP contribution in [0.25, 0.3) is 0 Å². The SMILES string of the molecule is O=C(O)C1(CCCCCCc2c(O)cc(O)c(O)c2CCCCCCC2(C(=O)O)CC2)CC1. The van der Waals surface area contributed by atoms with Gasteiger partial charge in [0.15, 0.2) is 11.5 Å². The molecule has 0 atom stereocenters. The Labute approximate surface area is 195 Å². The number of rotatable bonds is 16. The average Bonchev–Trinajstić information content (AvgIpc) is 3.67. The summed E-state index contributed by atoms with van der Waals surface area (Å²) in [6, 6.07) is 1.19. The molecule has 0 radical (unpaired) electrons. The molecular formula is C26H38O7. The van der Waals surface area contributed by atoms with Crippen molar-refractivity contribution in [3.63, 3.8) is 0 Å². The first-order chi connectivity index (χ1) is 15.7. The van der Waals surface area contributed by atoms with E-state index < -0.39 is 22.8 Å². The average molecular weight is 463 g/mol. The molecule has 2 fully saturated rings. The zero-order valence-electron chi connectivity index (χ0n) is 19.4. The van der Waals surface area contributed by atoms with Gasteiger partial charge in [0.2, 0.25) is 0 Å². The molecule has 33 heavy (non-hydrogen) atoms. The Balaban J connectivity index is 1.41. The van der Waals surface area contributed by atoms with Crippen LogP contribution in [0.15, 0.2) is 6.07 Å². The second-order valence-electron chi connectivity index (χ2n) is 10.2. The fourth-order valence-electron chi connectivity index (χ4n) is 4.97. The van der Waals surface area contributed by atoms with Crippen LogP contribution in [0.3, 0.4) is 0 Å². The lowest BCUT2D eigenvalue weighted by molar-refractivity contribution is -0.144. The number of carboxylic acids is 2. The number of benzene rings is 1. The highest BCUT2D eigenvalue weighted by Crippen LogP contribution is 2.51. The Hall–Kier alpha value is -2.44. The van der Waals surface area contributed by atoms with Gasteiger partial charge in [0.25, 0.3) is 0 Å². The molecule has 0 unspecified atom stereocenters. The van der Waals surface area contributed by atoms with Gasteiger partial charge in [-0.25, -0.2) is 0 Å². The third kappa shape index (κ3) is 6.33. The highest BCUT2D eigenvalue weighted by molar-refractivity contribution is 5.78. The number of unbranched alkanes of at least 4 members (excludes halogenated alkanes) is 6. The van der Waals surface area contributed by atoms with Crippen molar-refractivity contribution in [2.75, 3.05) is 0 Å². The van der Waals surface area contributed by atoms with E-state index in [0.717, 1.165) is 89.9 Å². The summed E-state index contributed by atoms with van der Waals surface area (Å²) < 4.78 is 0. The smallest absolute Gasteiger partial charge is 0.309 e. The lowest BCUT2D eigenvalue weighted by Crippen LogP contribution is -2.14. The van der Waals surface area contributed by atoms with E-state index in [4.69, 9.17) is 0 Å². The molecular weight excluding hydrogens is 424 g/mol. The highest BCUT2D eigenvalue weighted by atomic mass is 16.4. The maximum atomic E-state index is 11.2. The van der Waals surface area contributed by atoms with Crippen molar-refractivity contribution < 1.29 is 35.1 Å². The summed E-state index contributed by atoms with van der Waals surface area (Å²) in [6.07, 6.45) is 12.8. The molecule has 2 aliphatic rings. The van der Waals surface area contributed by atoms with Crippen molar-refractivity contribution in [3.8, 4) is 17.2 Å². The van der Waals surface area contributed by atoms with E-state index >= 15 is 0 Å². The first-order valence-corrected chi connectivity index (χ1v) is 12.4. The first kappa shape index (κ1) is 25.2. The largest absolute Gasteiger partial charge is 0.508 e. The van der Waals surface area contributed by atoms with Gasteiger partial charge >= 0.3 is 11.9 Å². The quantitative estimate of drug-likeness (QED) is 0.124. The van der Waals surface area contributed by atoms with Gasteiger partial charge in [-0.15, -0.1) is 0 Å². The van der Waals surface area contributed by atoms with Crippen LogP contribution in [0.5, 0.6) is 17.2 Å². The van der Waals surface area contributed by atoms with Crippen LogP contribution < -0.4 is 0 Å². The summed E-state index contributed by atoms with van der Waals surface area (Å²) in [6.45, 7) is 0. The molecule has 0 saturated heterocycles. The predicted octanol–water partition coefficient (Wildman–Crippen LogP) is 5.52. The molecule has 1 aromatic rings. The molecule has 0 aromatic heterocycles. The molecule has 7 nitrogen and oxygen atoms in total. The molecule has 2 saturated carbocycles. The van der Waals surface area contributed by atoms with Gasteiger partial charge in [-0.1, -0.05) is 38.5 Å². The number of phenols is 3. The van der Waals surface area contributed by atoms with Gasteiger partial charge in [0, 0.05) is 17.2 Å². The number of aliphatic carboxylic acids is 2. The van der Waals surface area contributed by atoms with Gasteiger partial charge in [0.05, 0.1) is 10.8 Å².